The predicted octanol–water partition coefficient (Wildman–Crippen LogP) is 4.01. The molecule has 21 heavy (non-hydrogen) atoms. The van der Waals surface area contributed by atoms with Crippen LogP contribution in [0.4, 0.5) is 0 Å². The van der Waals surface area contributed by atoms with E-state index < -0.39 is 0 Å². The molecule has 0 bridgehead atoms. The lowest BCUT2D eigenvalue weighted by atomic mass is 10.0. The molecular formula is C17H23N3S. The van der Waals surface area contributed by atoms with Crippen LogP contribution in [0.3, 0.4) is 0 Å². The third-order valence-corrected chi connectivity index (χ3v) is 4.70. The maximum atomic E-state index is 4.52. The van der Waals surface area contributed by atoms with Crippen LogP contribution < -0.4 is 5.32 Å². The van der Waals surface area contributed by atoms with Gasteiger partial charge in [-0.3, -0.25) is 0 Å². The molecule has 4 heteroatoms. The van der Waals surface area contributed by atoms with Crippen LogP contribution in [-0.2, 0) is 0 Å². The molecule has 1 N–H and O–H groups in total. The minimum Gasteiger partial charge on any atom is -0.309 e. The summed E-state index contributed by atoms with van der Waals surface area (Å²) in [4.78, 5) is 8.91. The van der Waals surface area contributed by atoms with Gasteiger partial charge in [0.15, 0.2) is 5.16 Å². The quantitative estimate of drug-likeness (QED) is 0.619. The van der Waals surface area contributed by atoms with Crippen molar-refractivity contribution in [3.8, 4) is 0 Å². The topological polar surface area (TPSA) is 37.8 Å². The number of benzene rings is 1. The van der Waals surface area contributed by atoms with E-state index in [1.807, 2.05) is 19.2 Å². The van der Waals surface area contributed by atoms with Gasteiger partial charge in [-0.25, -0.2) is 9.97 Å². The Morgan fingerprint density at radius 3 is 2.52 bits per heavy atom. The lowest BCUT2D eigenvalue weighted by Gasteiger charge is -2.26. The summed E-state index contributed by atoms with van der Waals surface area (Å²) >= 11 is 1.76. The van der Waals surface area contributed by atoms with E-state index >= 15 is 0 Å². The van der Waals surface area contributed by atoms with Crippen molar-refractivity contribution in [1.82, 2.24) is 15.3 Å². The van der Waals surface area contributed by atoms with Gasteiger partial charge in [0.25, 0.3) is 0 Å². The molecule has 0 aliphatic heterocycles. The first-order valence-corrected chi connectivity index (χ1v) is 8.37. The Morgan fingerprint density at radius 1 is 1.14 bits per heavy atom. The van der Waals surface area contributed by atoms with Crippen molar-refractivity contribution in [1.29, 1.82) is 0 Å². The summed E-state index contributed by atoms with van der Waals surface area (Å²) in [5.41, 5.74) is 2.34. The minimum atomic E-state index is 0.315. The molecule has 0 spiro atoms. The molecule has 0 aliphatic rings. The summed E-state index contributed by atoms with van der Waals surface area (Å²) in [5, 5.41) is 4.88. The summed E-state index contributed by atoms with van der Waals surface area (Å²) in [7, 11) is 0. The maximum absolute atomic E-state index is 4.52. The third-order valence-electron chi connectivity index (χ3n) is 3.39. The largest absolute Gasteiger partial charge is 0.309 e. The average Bonchev–Trinajstić information content (AvgIpc) is 2.51. The number of hydrogen-bond donors (Lipinski definition) is 1. The number of nitrogens with zero attached hydrogens (tertiary/aromatic N) is 2. The highest BCUT2D eigenvalue weighted by atomic mass is 32.2. The second-order valence-electron chi connectivity index (χ2n) is 4.99. The van der Waals surface area contributed by atoms with E-state index in [1.165, 1.54) is 5.56 Å². The number of aryl methyl sites for hydroxylation is 1. The zero-order chi connectivity index (χ0) is 15.1. The fraction of sp³-hybridized carbons (Fsp3) is 0.412. The van der Waals surface area contributed by atoms with E-state index in [0.29, 0.717) is 11.3 Å². The number of nitrogens with one attached hydrogen (secondary N) is 1. The molecular weight excluding hydrogens is 278 g/mol. The summed E-state index contributed by atoms with van der Waals surface area (Å²) in [6.45, 7) is 7.33. The summed E-state index contributed by atoms with van der Waals surface area (Å²) < 4.78 is 0. The van der Waals surface area contributed by atoms with Gasteiger partial charge >= 0.3 is 0 Å². The number of rotatable bonds is 7. The van der Waals surface area contributed by atoms with Gasteiger partial charge in [-0.15, -0.1) is 0 Å². The van der Waals surface area contributed by atoms with Crippen LogP contribution in [0.5, 0.6) is 0 Å². The molecule has 1 heterocycles. The highest BCUT2D eigenvalue weighted by Crippen LogP contribution is 2.32. The molecule has 0 fully saturated rings. The van der Waals surface area contributed by atoms with Crippen molar-refractivity contribution < 1.29 is 0 Å². The molecule has 0 aliphatic carbocycles. The molecule has 3 nitrogen and oxygen atoms in total. The van der Waals surface area contributed by atoms with E-state index in [2.05, 4.69) is 59.5 Å². The molecule has 112 valence electrons. The van der Waals surface area contributed by atoms with Gasteiger partial charge in [0.2, 0.25) is 0 Å². The minimum absolute atomic E-state index is 0.315. The van der Waals surface area contributed by atoms with Gasteiger partial charge in [-0.05, 0) is 31.5 Å². The van der Waals surface area contributed by atoms with Gasteiger partial charge in [-0.2, -0.15) is 0 Å². The molecule has 0 radical (unpaired) electrons. The highest BCUT2D eigenvalue weighted by molar-refractivity contribution is 7.99. The fourth-order valence-corrected chi connectivity index (χ4v) is 3.49. The van der Waals surface area contributed by atoms with E-state index in [-0.39, 0.29) is 0 Å². The van der Waals surface area contributed by atoms with Gasteiger partial charge in [0.1, 0.15) is 0 Å². The van der Waals surface area contributed by atoms with Crippen molar-refractivity contribution in [2.45, 2.75) is 43.6 Å². The van der Waals surface area contributed by atoms with Gasteiger partial charge in [0.05, 0.1) is 0 Å². The smallest absolute Gasteiger partial charge is 0.188 e. The van der Waals surface area contributed by atoms with E-state index in [4.69, 9.17) is 0 Å². The lowest BCUT2D eigenvalue weighted by molar-refractivity contribution is 0.520. The summed E-state index contributed by atoms with van der Waals surface area (Å²) in [6.07, 6.45) is 2.90. The molecule has 2 atom stereocenters. The van der Waals surface area contributed by atoms with Crippen LogP contribution in [0.2, 0.25) is 0 Å². The van der Waals surface area contributed by atoms with Crippen molar-refractivity contribution in [3.63, 3.8) is 0 Å². The number of thioether (sulfide) groups is 1. The molecule has 0 amide bonds. The molecule has 2 rings (SSSR count). The lowest BCUT2D eigenvalue weighted by Crippen LogP contribution is -2.30. The molecule has 2 aromatic rings. The first-order valence-electron chi connectivity index (χ1n) is 7.49. The fourth-order valence-electron chi connectivity index (χ4n) is 2.35. The van der Waals surface area contributed by atoms with Gasteiger partial charge in [-0.1, -0.05) is 55.9 Å². The van der Waals surface area contributed by atoms with Crippen molar-refractivity contribution in [2.75, 3.05) is 6.54 Å². The van der Waals surface area contributed by atoms with Crippen LogP contribution in [0, 0.1) is 6.92 Å². The second-order valence-corrected chi connectivity index (χ2v) is 6.20. The zero-order valence-electron chi connectivity index (χ0n) is 12.9. The summed E-state index contributed by atoms with van der Waals surface area (Å²) in [5.74, 6) is 0. The van der Waals surface area contributed by atoms with Gasteiger partial charge < -0.3 is 5.32 Å². The molecule has 2 unspecified atom stereocenters. The van der Waals surface area contributed by atoms with E-state index in [1.54, 1.807) is 11.8 Å². The standard InChI is InChI=1S/C17H23N3S/c1-4-15(21-17-19-12-11-13(3)20-17)16(18-5-2)14-9-7-6-8-10-14/h6-12,15-16,18H,4-5H2,1-3H3. The molecule has 1 aromatic heterocycles. The van der Waals surface area contributed by atoms with Crippen LogP contribution in [0.25, 0.3) is 0 Å². The molecule has 0 saturated carbocycles. The van der Waals surface area contributed by atoms with E-state index in [0.717, 1.165) is 23.8 Å². The first-order chi connectivity index (χ1) is 10.2. The Bertz CT molecular complexity index is 545. The van der Waals surface area contributed by atoms with Gasteiger partial charge in [0, 0.05) is 23.2 Å². The van der Waals surface area contributed by atoms with Crippen LogP contribution in [0.15, 0.2) is 47.8 Å². The Hall–Kier alpha value is -1.39. The second kappa shape index (κ2) is 8.15. The number of aromatic nitrogens is 2. The molecule has 0 saturated heterocycles. The predicted molar refractivity (Wildman–Crippen MR) is 89.6 cm³/mol. The van der Waals surface area contributed by atoms with Crippen LogP contribution in [-0.4, -0.2) is 21.8 Å². The monoisotopic (exact) mass is 301 g/mol. The Balaban J connectivity index is 2.20. The van der Waals surface area contributed by atoms with Crippen molar-refractivity contribution >= 4 is 11.8 Å². The first kappa shape index (κ1) is 16.0. The number of hydrogen-bond acceptors (Lipinski definition) is 4. The SMILES string of the molecule is CCNC(c1ccccc1)C(CC)Sc1nccc(C)n1. The van der Waals surface area contributed by atoms with Crippen molar-refractivity contribution in [2.24, 2.45) is 0 Å². The zero-order valence-corrected chi connectivity index (χ0v) is 13.7. The van der Waals surface area contributed by atoms with Crippen LogP contribution >= 0.6 is 11.8 Å². The normalized spacial score (nSPS) is 13.9. The van der Waals surface area contributed by atoms with Crippen molar-refractivity contribution in [3.05, 3.63) is 53.9 Å². The third kappa shape index (κ3) is 4.55. The Morgan fingerprint density at radius 2 is 1.90 bits per heavy atom. The Labute approximate surface area is 131 Å². The average molecular weight is 301 g/mol. The highest BCUT2D eigenvalue weighted by Gasteiger charge is 2.23. The van der Waals surface area contributed by atoms with Crippen LogP contribution in [0.1, 0.15) is 37.6 Å². The molecule has 1 aromatic carbocycles. The summed E-state index contributed by atoms with van der Waals surface area (Å²) in [6, 6.07) is 12.9. The Kier molecular flexibility index (Phi) is 6.21. The van der Waals surface area contributed by atoms with E-state index in [9.17, 15) is 0 Å². The maximum Gasteiger partial charge on any atom is 0.188 e.